The third-order valence-electron chi connectivity index (χ3n) is 3.21. The van der Waals surface area contributed by atoms with Crippen LogP contribution in [0.1, 0.15) is 30.9 Å². The molecular formula is C11H17NO2S2. The van der Waals surface area contributed by atoms with Crippen LogP contribution in [0.3, 0.4) is 0 Å². The Kier molecular flexibility index (Phi) is 3.66. The normalized spacial score (nSPS) is 26.4. The lowest BCUT2D eigenvalue weighted by Gasteiger charge is -2.29. The van der Waals surface area contributed by atoms with Crippen LogP contribution in [0.4, 0.5) is 0 Å². The maximum atomic E-state index is 12.0. The van der Waals surface area contributed by atoms with Crippen LogP contribution in [0.2, 0.25) is 0 Å². The number of thiophene rings is 1. The van der Waals surface area contributed by atoms with Crippen molar-refractivity contribution in [2.24, 2.45) is 0 Å². The van der Waals surface area contributed by atoms with Gasteiger partial charge in [-0.05, 0) is 42.3 Å². The molecule has 2 atom stereocenters. The van der Waals surface area contributed by atoms with Gasteiger partial charge in [-0.1, -0.05) is 6.42 Å². The molecule has 0 aromatic carbocycles. The van der Waals surface area contributed by atoms with E-state index in [0.717, 1.165) is 24.8 Å². The highest BCUT2D eigenvalue weighted by molar-refractivity contribution is 7.92. The van der Waals surface area contributed by atoms with Gasteiger partial charge in [-0.3, -0.25) is 0 Å². The van der Waals surface area contributed by atoms with Crippen LogP contribution in [-0.2, 0) is 9.84 Å². The lowest BCUT2D eigenvalue weighted by atomic mass is 10.0. The molecule has 3 nitrogen and oxygen atoms in total. The quantitative estimate of drug-likeness (QED) is 0.903. The highest BCUT2D eigenvalue weighted by Crippen LogP contribution is 2.31. The molecule has 0 amide bonds. The predicted molar refractivity (Wildman–Crippen MR) is 67.5 cm³/mol. The molecule has 90 valence electrons. The molecule has 0 aliphatic carbocycles. The summed E-state index contributed by atoms with van der Waals surface area (Å²) >= 11 is 1.61. The van der Waals surface area contributed by atoms with Crippen LogP contribution in [-0.4, -0.2) is 26.5 Å². The van der Waals surface area contributed by atoms with Gasteiger partial charge in [-0.25, -0.2) is 8.42 Å². The van der Waals surface area contributed by atoms with Gasteiger partial charge < -0.3 is 5.32 Å². The third-order valence-corrected chi connectivity index (χ3v) is 6.20. The van der Waals surface area contributed by atoms with Crippen molar-refractivity contribution in [1.82, 2.24) is 5.32 Å². The summed E-state index contributed by atoms with van der Waals surface area (Å²) in [4.78, 5) is 0. The van der Waals surface area contributed by atoms with E-state index in [4.69, 9.17) is 0 Å². The summed E-state index contributed by atoms with van der Waals surface area (Å²) in [6, 6.07) is 1.97. The summed E-state index contributed by atoms with van der Waals surface area (Å²) in [6.45, 7) is 0. The lowest BCUT2D eigenvalue weighted by Crippen LogP contribution is -2.39. The van der Waals surface area contributed by atoms with Gasteiger partial charge in [0.05, 0.1) is 11.0 Å². The van der Waals surface area contributed by atoms with E-state index in [1.165, 1.54) is 0 Å². The molecule has 5 heteroatoms. The van der Waals surface area contributed by atoms with Gasteiger partial charge in [0.1, 0.15) is 0 Å². The van der Waals surface area contributed by atoms with Crippen LogP contribution in [0.15, 0.2) is 16.8 Å². The number of nitrogens with one attached hydrogen (secondary N) is 1. The zero-order valence-electron chi connectivity index (χ0n) is 9.35. The van der Waals surface area contributed by atoms with Crippen LogP contribution >= 0.6 is 11.3 Å². The molecule has 1 aromatic heterocycles. The highest BCUT2D eigenvalue weighted by atomic mass is 32.2. The van der Waals surface area contributed by atoms with Crippen molar-refractivity contribution in [3.8, 4) is 0 Å². The summed E-state index contributed by atoms with van der Waals surface area (Å²) in [5, 5.41) is 6.94. The molecule has 1 saturated heterocycles. The Morgan fingerprint density at radius 3 is 2.88 bits per heavy atom. The zero-order chi connectivity index (χ0) is 11.6. The average Bonchev–Trinajstić information content (AvgIpc) is 2.75. The number of rotatable bonds is 3. The minimum absolute atomic E-state index is 0.0449. The van der Waals surface area contributed by atoms with Gasteiger partial charge in [0, 0.05) is 6.04 Å². The predicted octanol–water partition coefficient (Wildman–Crippen LogP) is 1.98. The van der Waals surface area contributed by atoms with Crippen molar-refractivity contribution >= 4 is 21.2 Å². The van der Waals surface area contributed by atoms with Crippen LogP contribution in [0, 0.1) is 0 Å². The smallest absolute Gasteiger partial charge is 0.155 e. The number of hydrogen-bond acceptors (Lipinski definition) is 4. The molecule has 1 fully saturated rings. The van der Waals surface area contributed by atoms with E-state index >= 15 is 0 Å². The standard InChI is InChI=1S/C11H17NO2S2/c1-12-11(9-5-6-15-8-9)10-4-2-3-7-16(10,13)14/h5-6,8,10-12H,2-4,7H2,1H3. The first-order chi connectivity index (χ1) is 7.65. The monoisotopic (exact) mass is 259 g/mol. The minimum Gasteiger partial charge on any atom is -0.312 e. The molecule has 0 saturated carbocycles. The van der Waals surface area contributed by atoms with Crippen molar-refractivity contribution in [2.45, 2.75) is 30.6 Å². The van der Waals surface area contributed by atoms with E-state index in [1.807, 2.05) is 23.9 Å². The summed E-state index contributed by atoms with van der Waals surface area (Å²) in [7, 11) is -1.08. The Hall–Kier alpha value is -0.390. The molecule has 2 unspecified atom stereocenters. The summed E-state index contributed by atoms with van der Waals surface area (Å²) in [5.41, 5.74) is 1.10. The molecule has 2 rings (SSSR count). The van der Waals surface area contributed by atoms with E-state index in [1.54, 1.807) is 11.3 Å². The molecular weight excluding hydrogens is 242 g/mol. The second kappa shape index (κ2) is 4.85. The van der Waals surface area contributed by atoms with E-state index in [2.05, 4.69) is 5.32 Å². The molecule has 1 aromatic rings. The first kappa shape index (κ1) is 12.1. The molecule has 2 heterocycles. The number of sulfone groups is 1. The van der Waals surface area contributed by atoms with E-state index in [0.29, 0.717) is 5.75 Å². The molecule has 0 radical (unpaired) electrons. The van der Waals surface area contributed by atoms with Crippen LogP contribution in [0.25, 0.3) is 0 Å². The first-order valence-corrected chi connectivity index (χ1v) is 8.22. The zero-order valence-corrected chi connectivity index (χ0v) is 11.0. The molecule has 0 bridgehead atoms. The topological polar surface area (TPSA) is 46.2 Å². The molecule has 1 aliphatic rings. The molecule has 1 N–H and O–H groups in total. The largest absolute Gasteiger partial charge is 0.312 e. The maximum absolute atomic E-state index is 12.0. The van der Waals surface area contributed by atoms with Crippen molar-refractivity contribution in [1.29, 1.82) is 0 Å². The summed E-state index contributed by atoms with van der Waals surface area (Å²) < 4.78 is 24.1. The van der Waals surface area contributed by atoms with Gasteiger partial charge in [-0.2, -0.15) is 11.3 Å². The van der Waals surface area contributed by atoms with Gasteiger partial charge in [-0.15, -0.1) is 0 Å². The van der Waals surface area contributed by atoms with Gasteiger partial charge in [0.2, 0.25) is 0 Å². The van der Waals surface area contributed by atoms with E-state index in [-0.39, 0.29) is 11.3 Å². The Labute approximate surface area is 101 Å². The van der Waals surface area contributed by atoms with Gasteiger partial charge in [0.15, 0.2) is 9.84 Å². The van der Waals surface area contributed by atoms with Gasteiger partial charge >= 0.3 is 0 Å². The summed E-state index contributed by atoms with van der Waals surface area (Å²) in [6.07, 6.45) is 2.62. The maximum Gasteiger partial charge on any atom is 0.155 e. The number of hydrogen-bond donors (Lipinski definition) is 1. The third kappa shape index (κ3) is 2.31. The van der Waals surface area contributed by atoms with Crippen molar-refractivity contribution in [3.05, 3.63) is 22.4 Å². The molecule has 16 heavy (non-hydrogen) atoms. The second-order valence-corrected chi connectivity index (χ2v) is 7.34. The van der Waals surface area contributed by atoms with E-state index in [9.17, 15) is 8.42 Å². The fourth-order valence-electron chi connectivity index (χ4n) is 2.37. The summed E-state index contributed by atoms with van der Waals surface area (Å²) in [5.74, 6) is 0.347. The Morgan fingerprint density at radius 1 is 1.50 bits per heavy atom. The van der Waals surface area contributed by atoms with Crippen molar-refractivity contribution in [3.63, 3.8) is 0 Å². The Morgan fingerprint density at radius 2 is 2.31 bits per heavy atom. The van der Waals surface area contributed by atoms with Crippen LogP contribution in [0.5, 0.6) is 0 Å². The Bertz CT molecular complexity index is 425. The minimum atomic E-state index is -2.92. The molecule has 1 aliphatic heterocycles. The van der Waals surface area contributed by atoms with Crippen molar-refractivity contribution in [2.75, 3.05) is 12.8 Å². The lowest BCUT2D eigenvalue weighted by molar-refractivity contribution is 0.470. The SMILES string of the molecule is CNC(c1ccsc1)C1CCCCS1(=O)=O. The fourth-order valence-corrected chi connectivity index (χ4v) is 5.21. The molecule has 0 spiro atoms. The van der Waals surface area contributed by atoms with Gasteiger partial charge in [0.25, 0.3) is 0 Å². The highest BCUT2D eigenvalue weighted by Gasteiger charge is 2.35. The first-order valence-electron chi connectivity index (χ1n) is 5.56. The second-order valence-electron chi connectivity index (χ2n) is 4.22. The van der Waals surface area contributed by atoms with Crippen molar-refractivity contribution < 1.29 is 8.42 Å². The Balaban J connectivity index is 2.27. The average molecular weight is 259 g/mol. The van der Waals surface area contributed by atoms with Crippen LogP contribution < -0.4 is 5.32 Å². The fraction of sp³-hybridized carbons (Fsp3) is 0.636. The van der Waals surface area contributed by atoms with E-state index < -0.39 is 9.84 Å².